The smallest absolute Gasteiger partial charge is 0.251 e. The van der Waals surface area contributed by atoms with E-state index in [1.54, 1.807) is 6.92 Å². The predicted octanol–water partition coefficient (Wildman–Crippen LogP) is -0.981. The molecule has 1 saturated heterocycles. The van der Waals surface area contributed by atoms with E-state index in [0.717, 1.165) is 0 Å². The van der Waals surface area contributed by atoms with E-state index < -0.39 is 30.4 Å². The maximum Gasteiger partial charge on any atom is 0.251 e. The third-order valence-electron chi connectivity index (χ3n) is 4.26. The quantitative estimate of drug-likeness (QED) is 0.500. The van der Waals surface area contributed by atoms with Gasteiger partial charge in [0.05, 0.1) is 17.1 Å². The SMILES string of the molecule is Cc1nc(N)c2c(C(N)=O)cn([C@@H]3O[C@H](CCC=O)[C@@H](O)[C@H]3O)c2n1. The van der Waals surface area contributed by atoms with Crippen molar-refractivity contribution in [3.8, 4) is 0 Å². The van der Waals surface area contributed by atoms with Crippen LogP contribution in [0, 0.1) is 6.92 Å². The summed E-state index contributed by atoms with van der Waals surface area (Å²) < 4.78 is 7.12. The van der Waals surface area contributed by atoms with Gasteiger partial charge in [-0.1, -0.05) is 0 Å². The van der Waals surface area contributed by atoms with E-state index in [4.69, 9.17) is 16.2 Å². The Morgan fingerprint density at radius 1 is 1.40 bits per heavy atom. The monoisotopic (exact) mass is 349 g/mol. The molecular weight excluding hydrogens is 330 g/mol. The number of hydrogen-bond acceptors (Lipinski definition) is 8. The van der Waals surface area contributed by atoms with Crippen LogP contribution in [0.25, 0.3) is 11.0 Å². The van der Waals surface area contributed by atoms with Crippen molar-refractivity contribution in [2.75, 3.05) is 5.73 Å². The van der Waals surface area contributed by atoms with Gasteiger partial charge in [-0.25, -0.2) is 9.97 Å². The summed E-state index contributed by atoms with van der Waals surface area (Å²) >= 11 is 0. The standard InChI is InChI=1S/C15H19N5O5/c1-6-18-12(16)9-7(13(17)24)5-20(14(9)19-6)15-11(23)10(22)8(25-15)3-2-4-21/h4-5,8,10-11,15,22-23H,2-3H2,1H3,(H2,17,24)(H2,16,18,19)/t8-,10-,11-,15-/m1/s1. The van der Waals surface area contributed by atoms with Crippen LogP contribution in [0.5, 0.6) is 0 Å². The summed E-state index contributed by atoms with van der Waals surface area (Å²) in [6, 6.07) is 0. The predicted molar refractivity (Wildman–Crippen MR) is 86.4 cm³/mol. The third kappa shape index (κ3) is 2.84. The summed E-state index contributed by atoms with van der Waals surface area (Å²) in [7, 11) is 0. The molecule has 1 fully saturated rings. The molecule has 0 radical (unpaired) electrons. The minimum absolute atomic E-state index is 0.0839. The Kier molecular flexibility index (Phi) is 4.41. The van der Waals surface area contributed by atoms with Gasteiger partial charge in [0.2, 0.25) is 0 Å². The minimum Gasteiger partial charge on any atom is -0.388 e. The zero-order chi connectivity index (χ0) is 18.3. The molecule has 0 spiro atoms. The van der Waals surface area contributed by atoms with E-state index >= 15 is 0 Å². The molecule has 0 bridgehead atoms. The van der Waals surface area contributed by atoms with Gasteiger partial charge in [-0.05, 0) is 13.3 Å². The number of aldehydes is 1. The highest BCUT2D eigenvalue weighted by molar-refractivity contribution is 6.08. The van der Waals surface area contributed by atoms with E-state index in [1.165, 1.54) is 10.8 Å². The number of nitrogens with two attached hydrogens (primary N) is 2. The Hall–Kier alpha value is -2.56. The Balaban J connectivity index is 2.09. The number of aryl methyl sites for hydroxylation is 1. The molecule has 0 unspecified atom stereocenters. The summed E-state index contributed by atoms with van der Waals surface area (Å²) in [6.45, 7) is 1.63. The van der Waals surface area contributed by atoms with E-state index in [-0.39, 0.29) is 35.3 Å². The maximum atomic E-state index is 11.7. The lowest BCUT2D eigenvalue weighted by molar-refractivity contribution is -0.109. The lowest BCUT2D eigenvalue weighted by atomic mass is 10.1. The van der Waals surface area contributed by atoms with Crippen molar-refractivity contribution < 1.29 is 24.5 Å². The number of nitrogens with zero attached hydrogens (tertiary/aromatic N) is 3. The molecule has 1 amide bonds. The number of aliphatic hydroxyl groups excluding tert-OH is 2. The third-order valence-corrected chi connectivity index (χ3v) is 4.26. The highest BCUT2D eigenvalue weighted by Crippen LogP contribution is 2.35. The van der Waals surface area contributed by atoms with Gasteiger partial charge in [0, 0.05) is 12.6 Å². The van der Waals surface area contributed by atoms with Gasteiger partial charge in [-0.2, -0.15) is 0 Å². The van der Waals surface area contributed by atoms with Crippen LogP contribution in [-0.2, 0) is 9.53 Å². The van der Waals surface area contributed by atoms with Crippen LogP contribution >= 0.6 is 0 Å². The fourth-order valence-corrected chi connectivity index (χ4v) is 3.10. The number of primary amides is 1. The highest BCUT2D eigenvalue weighted by atomic mass is 16.6. The number of amides is 1. The summed E-state index contributed by atoms with van der Waals surface area (Å²) in [5.74, 6) is -0.278. The van der Waals surface area contributed by atoms with E-state index in [9.17, 15) is 19.8 Å². The number of ether oxygens (including phenoxy) is 1. The van der Waals surface area contributed by atoms with Crippen LogP contribution in [0.4, 0.5) is 5.82 Å². The topological polar surface area (TPSA) is 167 Å². The van der Waals surface area contributed by atoms with E-state index in [2.05, 4.69) is 9.97 Å². The molecular formula is C15H19N5O5. The molecule has 134 valence electrons. The second-order valence-electron chi connectivity index (χ2n) is 5.96. The average molecular weight is 349 g/mol. The summed E-state index contributed by atoms with van der Waals surface area (Å²) in [5.41, 5.74) is 11.7. The maximum absolute atomic E-state index is 11.7. The largest absolute Gasteiger partial charge is 0.388 e. The van der Waals surface area contributed by atoms with Crippen molar-refractivity contribution in [2.45, 2.75) is 44.3 Å². The van der Waals surface area contributed by atoms with Gasteiger partial charge in [0.25, 0.3) is 5.91 Å². The van der Waals surface area contributed by atoms with Crippen LogP contribution in [0.2, 0.25) is 0 Å². The first-order chi connectivity index (χ1) is 11.8. The van der Waals surface area contributed by atoms with Crippen molar-refractivity contribution in [3.05, 3.63) is 17.6 Å². The molecule has 4 atom stereocenters. The summed E-state index contributed by atoms with van der Waals surface area (Å²) in [5, 5.41) is 20.8. The number of nitrogen functional groups attached to an aromatic ring is 1. The number of aromatic nitrogens is 3. The second-order valence-corrected chi connectivity index (χ2v) is 5.96. The van der Waals surface area contributed by atoms with E-state index in [0.29, 0.717) is 12.1 Å². The summed E-state index contributed by atoms with van der Waals surface area (Å²) in [4.78, 5) is 30.6. The molecule has 2 aromatic rings. The molecule has 0 saturated carbocycles. The fraction of sp³-hybridized carbons (Fsp3) is 0.467. The van der Waals surface area contributed by atoms with E-state index in [1.807, 2.05) is 0 Å². The van der Waals surface area contributed by atoms with Crippen LogP contribution < -0.4 is 11.5 Å². The Morgan fingerprint density at radius 3 is 2.76 bits per heavy atom. The molecule has 1 aliphatic heterocycles. The lowest BCUT2D eigenvalue weighted by Crippen LogP contribution is -2.31. The highest BCUT2D eigenvalue weighted by Gasteiger charge is 2.44. The van der Waals surface area contributed by atoms with Crippen molar-refractivity contribution >= 4 is 29.0 Å². The Morgan fingerprint density at radius 2 is 2.12 bits per heavy atom. The van der Waals surface area contributed by atoms with Gasteiger partial charge in [-0.15, -0.1) is 0 Å². The zero-order valence-electron chi connectivity index (χ0n) is 13.5. The molecule has 10 heteroatoms. The number of rotatable bonds is 5. The van der Waals surface area contributed by atoms with Gasteiger partial charge in [0.1, 0.15) is 35.8 Å². The van der Waals surface area contributed by atoms with Crippen molar-refractivity contribution in [2.24, 2.45) is 5.73 Å². The number of fused-ring (bicyclic) bond motifs is 1. The average Bonchev–Trinajstić information content (AvgIpc) is 3.05. The molecule has 25 heavy (non-hydrogen) atoms. The van der Waals surface area contributed by atoms with Crippen LogP contribution in [0.15, 0.2) is 6.20 Å². The molecule has 2 aromatic heterocycles. The first-order valence-corrected chi connectivity index (χ1v) is 7.74. The van der Waals surface area contributed by atoms with Gasteiger partial charge >= 0.3 is 0 Å². The van der Waals surface area contributed by atoms with Crippen molar-refractivity contribution in [1.82, 2.24) is 14.5 Å². The van der Waals surface area contributed by atoms with Crippen molar-refractivity contribution in [3.63, 3.8) is 0 Å². The molecule has 10 nitrogen and oxygen atoms in total. The van der Waals surface area contributed by atoms with Crippen LogP contribution in [-0.4, -0.2) is 55.3 Å². The van der Waals surface area contributed by atoms with Crippen LogP contribution in [0.1, 0.15) is 35.3 Å². The molecule has 3 heterocycles. The minimum atomic E-state index is -1.27. The van der Waals surface area contributed by atoms with Gasteiger partial charge < -0.3 is 35.8 Å². The first-order valence-electron chi connectivity index (χ1n) is 7.74. The Bertz CT molecular complexity index is 835. The first kappa shape index (κ1) is 17.3. The zero-order valence-corrected chi connectivity index (χ0v) is 13.5. The molecule has 0 aromatic carbocycles. The molecule has 6 N–H and O–H groups in total. The van der Waals surface area contributed by atoms with Gasteiger partial charge in [0.15, 0.2) is 6.23 Å². The normalized spacial score (nSPS) is 26.2. The molecule has 1 aliphatic rings. The Labute approximate surface area is 142 Å². The second kappa shape index (κ2) is 6.39. The van der Waals surface area contributed by atoms with Gasteiger partial charge in [-0.3, -0.25) is 4.79 Å². The van der Waals surface area contributed by atoms with Crippen molar-refractivity contribution in [1.29, 1.82) is 0 Å². The number of carbonyl (C=O) groups is 2. The molecule has 3 rings (SSSR count). The number of carbonyl (C=O) groups excluding carboxylic acids is 2. The number of hydrogen-bond donors (Lipinski definition) is 4. The number of anilines is 1. The molecule has 0 aliphatic carbocycles. The number of aliphatic hydroxyl groups is 2. The lowest BCUT2D eigenvalue weighted by Gasteiger charge is -2.17. The summed E-state index contributed by atoms with van der Waals surface area (Å²) in [6.07, 6.45) is -1.64. The fourth-order valence-electron chi connectivity index (χ4n) is 3.10. The van der Waals surface area contributed by atoms with Crippen LogP contribution in [0.3, 0.4) is 0 Å².